The Balaban J connectivity index is 2.99. The van der Waals surface area contributed by atoms with E-state index in [2.05, 4.69) is 5.32 Å². The van der Waals surface area contributed by atoms with Gasteiger partial charge >= 0.3 is 0 Å². The summed E-state index contributed by atoms with van der Waals surface area (Å²) in [5.41, 5.74) is 0.678. The minimum atomic E-state index is -3.45. The predicted octanol–water partition coefficient (Wildman–Crippen LogP) is 1.26. The normalized spacial score (nSPS) is 12.8. The van der Waals surface area contributed by atoms with E-state index in [4.69, 9.17) is 0 Å². The van der Waals surface area contributed by atoms with Crippen molar-refractivity contribution >= 4 is 27.2 Å². The van der Waals surface area contributed by atoms with Gasteiger partial charge in [-0.3, -0.25) is 9.59 Å². The molecule has 18 heavy (non-hydrogen) atoms. The SMILES string of the molecule is CC(=O)c1ccccc1NC(=O)C(C)S(C)(=O)=O. The van der Waals surface area contributed by atoms with Gasteiger partial charge in [-0.15, -0.1) is 0 Å². The maximum Gasteiger partial charge on any atom is 0.242 e. The zero-order valence-electron chi connectivity index (χ0n) is 10.4. The second kappa shape index (κ2) is 5.30. The third kappa shape index (κ3) is 3.40. The number of hydrogen-bond donors (Lipinski definition) is 1. The smallest absolute Gasteiger partial charge is 0.242 e. The van der Waals surface area contributed by atoms with Crippen molar-refractivity contribution in [3.05, 3.63) is 29.8 Å². The van der Waals surface area contributed by atoms with Crippen LogP contribution in [0.5, 0.6) is 0 Å². The lowest BCUT2D eigenvalue weighted by Crippen LogP contribution is -2.32. The molecule has 1 aromatic rings. The Morgan fingerprint density at radius 2 is 1.78 bits per heavy atom. The summed E-state index contributed by atoms with van der Waals surface area (Å²) >= 11 is 0. The van der Waals surface area contributed by atoms with Crippen molar-refractivity contribution in [3.63, 3.8) is 0 Å². The van der Waals surface area contributed by atoms with Gasteiger partial charge in [0.05, 0.1) is 5.69 Å². The number of anilines is 1. The molecule has 0 aliphatic rings. The number of nitrogens with one attached hydrogen (secondary N) is 1. The molecule has 1 rings (SSSR count). The van der Waals surface area contributed by atoms with Crippen molar-refractivity contribution in [2.45, 2.75) is 19.1 Å². The summed E-state index contributed by atoms with van der Waals surface area (Å²) in [5.74, 6) is -0.843. The van der Waals surface area contributed by atoms with Crippen molar-refractivity contribution in [1.29, 1.82) is 0 Å². The first-order chi connectivity index (χ1) is 8.23. The molecular weight excluding hydrogens is 254 g/mol. The van der Waals surface area contributed by atoms with E-state index in [1.54, 1.807) is 24.3 Å². The van der Waals surface area contributed by atoms with E-state index in [1.165, 1.54) is 13.8 Å². The molecule has 0 saturated carbocycles. The van der Waals surface area contributed by atoms with Gasteiger partial charge in [-0.05, 0) is 26.0 Å². The van der Waals surface area contributed by atoms with Crippen LogP contribution in [0.1, 0.15) is 24.2 Å². The summed E-state index contributed by atoms with van der Waals surface area (Å²) in [4.78, 5) is 23.1. The lowest BCUT2D eigenvalue weighted by molar-refractivity contribution is -0.115. The molecule has 1 aromatic carbocycles. The van der Waals surface area contributed by atoms with Crippen LogP contribution in [0.2, 0.25) is 0 Å². The Morgan fingerprint density at radius 1 is 1.22 bits per heavy atom. The van der Waals surface area contributed by atoms with Crippen molar-refractivity contribution in [1.82, 2.24) is 0 Å². The van der Waals surface area contributed by atoms with Crippen LogP contribution in [-0.4, -0.2) is 31.6 Å². The van der Waals surface area contributed by atoms with E-state index < -0.39 is 21.0 Å². The number of Topliss-reactive ketones (excluding diaryl/α,β-unsaturated/α-hetero) is 1. The highest BCUT2D eigenvalue weighted by atomic mass is 32.2. The van der Waals surface area contributed by atoms with Crippen molar-refractivity contribution in [2.24, 2.45) is 0 Å². The molecule has 0 aliphatic carbocycles. The minimum absolute atomic E-state index is 0.196. The molecule has 1 unspecified atom stereocenters. The second-order valence-electron chi connectivity index (χ2n) is 4.06. The van der Waals surface area contributed by atoms with Crippen LogP contribution < -0.4 is 5.32 Å². The average molecular weight is 269 g/mol. The number of amides is 1. The molecule has 0 spiro atoms. The van der Waals surface area contributed by atoms with E-state index in [0.29, 0.717) is 11.3 Å². The third-order valence-electron chi connectivity index (χ3n) is 2.58. The number of ketones is 1. The molecule has 1 atom stereocenters. The first kappa shape index (κ1) is 14.4. The Hall–Kier alpha value is -1.69. The number of rotatable bonds is 4. The van der Waals surface area contributed by atoms with Gasteiger partial charge < -0.3 is 5.32 Å². The number of carbonyl (C=O) groups excluding carboxylic acids is 2. The molecule has 1 amide bonds. The van der Waals surface area contributed by atoms with Gasteiger partial charge in [0.25, 0.3) is 0 Å². The molecule has 0 aromatic heterocycles. The number of sulfone groups is 1. The van der Waals surface area contributed by atoms with Gasteiger partial charge in [0.15, 0.2) is 15.6 Å². The molecule has 0 saturated heterocycles. The minimum Gasteiger partial charge on any atom is -0.324 e. The van der Waals surface area contributed by atoms with Gasteiger partial charge in [0.1, 0.15) is 5.25 Å². The molecule has 0 heterocycles. The standard InChI is InChI=1S/C12H15NO4S/c1-8(14)10-6-4-5-7-11(10)13-12(15)9(2)18(3,16)17/h4-7,9H,1-3H3,(H,13,15). The topological polar surface area (TPSA) is 80.3 Å². The highest BCUT2D eigenvalue weighted by Gasteiger charge is 2.24. The molecular formula is C12H15NO4S. The van der Waals surface area contributed by atoms with Gasteiger partial charge in [-0.1, -0.05) is 12.1 Å². The summed E-state index contributed by atoms with van der Waals surface area (Å²) in [5, 5.41) is 1.30. The number of para-hydroxylation sites is 1. The van der Waals surface area contributed by atoms with E-state index in [0.717, 1.165) is 6.26 Å². The molecule has 98 valence electrons. The average Bonchev–Trinajstić information content (AvgIpc) is 2.27. The van der Waals surface area contributed by atoms with Crippen molar-refractivity contribution in [3.8, 4) is 0 Å². The van der Waals surface area contributed by atoms with Crippen LogP contribution in [0.25, 0.3) is 0 Å². The van der Waals surface area contributed by atoms with E-state index in [9.17, 15) is 18.0 Å². The predicted molar refractivity (Wildman–Crippen MR) is 69.4 cm³/mol. The zero-order chi connectivity index (χ0) is 13.9. The molecule has 0 aliphatic heterocycles. The number of benzene rings is 1. The molecule has 6 heteroatoms. The first-order valence-electron chi connectivity index (χ1n) is 5.33. The summed E-state index contributed by atoms with van der Waals surface area (Å²) in [6.07, 6.45) is 0.994. The monoisotopic (exact) mass is 269 g/mol. The maximum atomic E-state index is 11.7. The summed E-state index contributed by atoms with van der Waals surface area (Å²) in [6, 6.07) is 6.46. The van der Waals surface area contributed by atoms with Crippen molar-refractivity contribution < 1.29 is 18.0 Å². The highest BCUT2D eigenvalue weighted by Crippen LogP contribution is 2.16. The fourth-order valence-corrected chi connectivity index (χ4v) is 1.78. The Labute approximate surface area is 106 Å². The molecule has 0 bridgehead atoms. The van der Waals surface area contributed by atoms with E-state index in [-0.39, 0.29) is 5.78 Å². The molecule has 5 nitrogen and oxygen atoms in total. The van der Waals surface area contributed by atoms with Crippen LogP contribution in [0.15, 0.2) is 24.3 Å². The van der Waals surface area contributed by atoms with Crippen LogP contribution in [0, 0.1) is 0 Å². The van der Waals surface area contributed by atoms with E-state index in [1.807, 2.05) is 0 Å². The Bertz CT molecular complexity index is 577. The lowest BCUT2D eigenvalue weighted by atomic mass is 10.1. The summed E-state index contributed by atoms with van der Waals surface area (Å²) < 4.78 is 22.5. The molecule has 1 N–H and O–H groups in total. The summed E-state index contributed by atoms with van der Waals surface area (Å²) in [7, 11) is -3.45. The van der Waals surface area contributed by atoms with Crippen LogP contribution >= 0.6 is 0 Å². The summed E-state index contributed by atoms with van der Waals surface area (Å²) in [6.45, 7) is 2.69. The Kier molecular flexibility index (Phi) is 4.24. The second-order valence-corrected chi connectivity index (χ2v) is 6.43. The fourth-order valence-electron chi connectivity index (χ4n) is 1.33. The molecule has 0 radical (unpaired) electrons. The van der Waals surface area contributed by atoms with E-state index >= 15 is 0 Å². The number of hydrogen-bond acceptors (Lipinski definition) is 4. The zero-order valence-corrected chi connectivity index (χ0v) is 11.2. The molecule has 0 fully saturated rings. The Morgan fingerprint density at radius 3 is 2.28 bits per heavy atom. The van der Waals surface area contributed by atoms with Crippen LogP contribution in [0.3, 0.4) is 0 Å². The number of carbonyl (C=O) groups is 2. The third-order valence-corrected chi connectivity index (χ3v) is 4.07. The highest BCUT2D eigenvalue weighted by molar-refractivity contribution is 7.92. The van der Waals surface area contributed by atoms with Gasteiger partial charge in [0.2, 0.25) is 5.91 Å². The fraction of sp³-hybridized carbons (Fsp3) is 0.333. The lowest BCUT2D eigenvalue weighted by Gasteiger charge is -2.12. The van der Waals surface area contributed by atoms with Gasteiger partial charge in [0, 0.05) is 11.8 Å². The van der Waals surface area contributed by atoms with Crippen molar-refractivity contribution in [2.75, 3.05) is 11.6 Å². The maximum absolute atomic E-state index is 11.7. The van der Waals surface area contributed by atoms with Crippen LogP contribution in [-0.2, 0) is 14.6 Å². The first-order valence-corrected chi connectivity index (χ1v) is 7.28. The largest absolute Gasteiger partial charge is 0.324 e. The van der Waals surface area contributed by atoms with Gasteiger partial charge in [-0.25, -0.2) is 8.42 Å². The van der Waals surface area contributed by atoms with Gasteiger partial charge in [-0.2, -0.15) is 0 Å². The van der Waals surface area contributed by atoms with Crippen LogP contribution in [0.4, 0.5) is 5.69 Å². The quantitative estimate of drug-likeness (QED) is 0.834.